The number of rotatable bonds is 4. The van der Waals surface area contributed by atoms with Gasteiger partial charge in [0.05, 0.1) is 18.8 Å². The van der Waals surface area contributed by atoms with E-state index in [-0.39, 0.29) is 11.4 Å². The first kappa shape index (κ1) is 15.0. The molecule has 1 N–H and O–H groups in total. The van der Waals surface area contributed by atoms with Gasteiger partial charge in [0.1, 0.15) is 11.6 Å². The van der Waals surface area contributed by atoms with E-state index in [2.05, 4.69) is 10.1 Å². The maximum absolute atomic E-state index is 13.5. The average molecular weight is 299 g/mol. The Morgan fingerprint density at radius 2 is 2.00 bits per heavy atom. The van der Waals surface area contributed by atoms with Crippen LogP contribution in [0.2, 0.25) is 0 Å². The zero-order valence-corrected chi connectivity index (χ0v) is 11.2. The van der Waals surface area contributed by atoms with Crippen LogP contribution in [0.4, 0.5) is 18.9 Å². The van der Waals surface area contributed by atoms with Gasteiger partial charge in [-0.15, -0.1) is 0 Å². The average Bonchev–Trinajstić information content (AvgIpc) is 2.93. The molecule has 7 heteroatoms. The van der Waals surface area contributed by atoms with Crippen molar-refractivity contribution in [2.75, 3.05) is 12.4 Å². The van der Waals surface area contributed by atoms with Crippen LogP contribution in [0.1, 0.15) is 29.3 Å². The number of ether oxygens (including phenoxy) is 1. The Hall–Kier alpha value is -2.44. The summed E-state index contributed by atoms with van der Waals surface area (Å²) in [5.41, 5.74) is -0.337. The van der Waals surface area contributed by atoms with Gasteiger partial charge in [-0.2, -0.15) is 0 Å². The van der Waals surface area contributed by atoms with Gasteiger partial charge in [-0.3, -0.25) is 0 Å². The summed E-state index contributed by atoms with van der Waals surface area (Å²) in [4.78, 5) is 11.3. The van der Waals surface area contributed by atoms with E-state index in [1.165, 1.54) is 19.2 Å². The Kier molecular flexibility index (Phi) is 4.21. The molecule has 2 aromatic rings. The standard InChI is InChI=1S/C14H12F3NO3/c1-7(11-3-4-12(21-11)14(19)20-2)18-10-6-8(15)5-9(16)13(10)17/h3-7,18H,1-2H3. The number of hydrogen-bond acceptors (Lipinski definition) is 4. The van der Waals surface area contributed by atoms with Gasteiger partial charge in [-0.1, -0.05) is 0 Å². The van der Waals surface area contributed by atoms with Crippen molar-refractivity contribution in [3.05, 3.63) is 53.2 Å². The molecule has 1 aromatic carbocycles. The molecular formula is C14H12F3NO3. The molecule has 0 amide bonds. The Labute approximate surface area is 118 Å². The Morgan fingerprint density at radius 3 is 2.67 bits per heavy atom. The topological polar surface area (TPSA) is 51.5 Å². The largest absolute Gasteiger partial charge is 0.463 e. The summed E-state index contributed by atoms with van der Waals surface area (Å²) in [6, 6.07) is 3.55. The third-order valence-electron chi connectivity index (χ3n) is 2.81. The van der Waals surface area contributed by atoms with Crippen LogP contribution in [0, 0.1) is 17.5 Å². The molecule has 2 rings (SSSR count). The number of furan rings is 1. The van der Waals surface area contributed by atoms with Crippen molar-refractivity contribution >= 4 is 11.7 Å². The summed E-state index contributed by atoms with van der Waals surface area (Å²) in [6.07, 6.45) is 0. The van der Waals surface area contributed by atoms with Gasteiger partial charge in [0.15, 0.2) is 11.6 Å². The summed E-state index contributed by atoms with van der Waals surface area (Å²) in [7, 11) is 1.21. The van der Waals surface area contributed by atoms with Gasteiger partial charge >= 0.3 is 5.97 Å². The molecule has 1 unspecified atom stereocenters. The molecule has 1 aromatic heterocycles. The number of carbonyl (C=O) groups is 1. The fraction of sp³-hybridized carbons (Fsp3) is 0.214. The summed E-state index contributed by atoms with van der Waals surface area (Å²) in [5, 5.41) is 2.58. The van der Waals surface area contributed by atoms with Crippen LogP contribution in [0.25, 0.3) is 0 Å². The van der Waals surface area contributed by atoms with E-state index in [4.69, 9.17) is 4.42 Å². The highest BCUT2D eigenvalue weighted by molar-refractivity contribution is 5.86. The van der Waals surface area contributed by atoms with Crippen molar-refractivity contribution < 1.29 is 27.1 Å². The molecular weight excluding hydrogens is 287 g/mol. The van der Waals surface area contributed by atoms with Crippen molar-refractivity contribution in [1.29, 1.82) is 0 Å². The van der Waals surface area contributed by atoms with Crippen LogP contribution in [-0.2, 0) is 4.74 Å². The molecule has 0 saturated carbocycles. The van der Waals surface area contributed by atoms with Crippen molar-refractivity contribution in [3.8, 4) is 0 Å². The number of carbonyl (C=O) groups excluding carboxylic acids is 1. The summed E-state index contributed by atoms with van der Waals surface area (Å²) in [5.74, 6) is -3.77. The summed E-state index contributed by atoms with van der Waals surface area (Å²) in [6.45, 7) is 1.59. The van der Waals surface area contributed by atoms with Gasteiger partial charge in [-0.05, 0) is 19.1 Å². The Bertz CT molecular complexity index is 669. The molecule has 21 heavy (non-hydrogen) atoms. The summed E-state index contributed by atoms with van der Waals surface area (Å²) >= 11 is 0. The molecule has 0 radical (unpaired) electrons. The number of esters is 1. The van der Waals surface area contributed by atoms with Crippen molar-refractivity contribution in [1.82, 2.24) is 0 Å². The minimum absolute atomic E-state index is 0.0213. The minimum Gasteiger partial charge on any atom is -0.463 e. The maximum Gasteiger partial charge on any atom is 0.373 e. The van der Waals surface area contributed by atoms with E-state index in [0.29, 0.717) is 11.8 Å². The van der Waals surface area contributed by atoms with Crippen molar-refractivity contribution in [3.63, 3.8) is 0 Å². The van der Waals surface area contributed by atoms with E-state index in [1.54, 1.807) is 6.92 Å². The van der Waals surface area contributed by atoms with Crippen LogP contribution in [0.3, 0.4) is 0 Å². The predicted octanol–water partition coefficient (Wildman–Crippen LogP) is 3.66. The highest BCUT2D eigenvalue weighted by Gasteiger charge is 2.18. The lowest BCUT2D eigenvalue weighted by atomic mass is 10.2. The number of anilines is 1. The molecule has 0 saturated heterocycles. The van der Waals surface area contributed by atoms with Gasteiger partial charge in [0, 0.05) is 12.1 Å². The van der Waals surface area contributed by atoms with Gasteiger partial charge < -0.3 is 14.5 Å². The van der Waals surface area contributed by atoms with E-state index in [9.17, 15) is 18.0 Å². The molecule has 4 nitrogen and oxygen atoms in total. The van der Waals surface area contributed by atoms with Crippen LogP contribution < -0.4 is 5.32 Å². The number of nitrogens with one attached hydrogen (secondary N) is 1. The quantitative estimate of drug-likeness (QED) is 0.691. The molecule has 0 aliphatic heterocycles. The lowest BCUT2D eigenvalue weighted by molar-refractivity contribution is 0.0562. The monoisotopic (exact) mass is 299 g/mol. The van der Waals surface area contributed by atoms with E-state index < -0.39 is 29.5 Å². The molecule has 0 fully saturated rings. The molecule has 0 bridgehead atoms. The lowest BCUT2D eigenvalue weighted by Crippen LogP contribution is -2.08. The molecule has 0 aliphatic carbocycles. The SMILES string of the molecule is COC(=O)c1ccc(C(C)Nc2cc(F)cc(F)c2F)o1. The van der Waals surface area contributed by atoms with E-state index in [1.807, 2.05) is 0 Å². The molecule has 112 valence electrons. The van der Waals surface area contributed by atoms with Crippen LogP contribution >= 0.6 is 0 Å². The fourth-order valence-electron chi connectivity index (χ4n) is 1.76. The zero-order valence-electron chi connectivity index (χ0n) is 11.2. The molecule has 0 spiro atoms. The van der Waals surface area contributed by atoms with Crippen molar-refractivity contribution in [2.45, 2.75) is 13.0 Å². The highest BCUT2D eigenvalue weighted by Crippen LogP contribution is 2.25. The van der Waals surface area contributed by atoms with Crippen LogP contribution in [0.5, 0.6) is 0 Å². The number of halogens is 3. The van der Waals surface area contributed by atoms with Gasteiger partial charge in [0.2, 0.25) is 5.76 Å². The molecule has 0 aliphatic rings. The number of benzene rings is 1. The second kappa shape index (κ2) is 5.90. The second-order valence-electron chi connectivity index (χ2n) is 4.31. The van der Waals surface area contributed by atoms with Crippen LogP contribution in [-0.4, -0.2) is 13.1 Å². The van der Waals surface area contributed by atoms with Crippen molar-refractivity contribution in [2.24, 2.45) is 0 Å². The molecule has 1 atom stereocenters. The van der Waals surface area contributed by atoms with Gasteiger partial charge in [0.25, 0.3) is 0 Å². The number of hydrogen-bond donors (Lipinski definition) is 1. The lowest BCUT2D eigenvalue weighted by Gasteiger charge is -2.14. The Morgan fingerprint density at radius 1 is 1.29 bits per heavy atom. The van der Waals surface area contributed by atoms with Crippen LogP contribution in [0.15, 0.2) is 28.7 Å². The Balaban J connectivity index is 2.20. The first-order valence-electron chi connectivity index (χ1n) is 6.01. The minimum atomic E-state index is -1.29. The predicted molar refractivity (Wildman–Crippen MR) is 68.4 cm³/mol. The number of methoxy groups -OCH3 is 1. The first-order valence-corrected chi connectivity index (χ1v) is 6.01. The third kappa shape index (κ3) is 3.18. The summed E-state index contributed by atoms with van der Waals surface area (Å²) < 4.78 is 49.4. The smallest absolute Gasteiger partial charge is 0.373 e. The van der Waals surface area contributed by atoms with E-state index in [0.717, 1.165) is 6.07 Å². The zero-order chi connectivity index (χ0) is 15.6. The molecule has 1 heterocycles. The normalized spacial score (nSPS) is 12.0. The third-order valence-corrected chi connectivity index (χ3v) is 2.81. The van der Waals surface area contributed by atoms with E-state index >= 15 is 0 Å². The maximum atomic E-state index is 13.5. The van der Waals surface area contributed by atoms with Gasteiger partial charge in [-0.25, -0.2) is 18.0 Å². The second-order valence-corrected chi connectivity index (χ2v) is 4.31. The fourth-order valence-corrected chi connectivity index (χ4v) is 1.76. The first-order chi connectivity index (χ1) is 9.92. The highest BCUT2D eigenvalue weighted by atomic mass is 19.2.